The molecule has 1 heterocycles. The lowest BCUT2D eigenvalue weighted by Gasteiger charge is -2.29. The molecule has 0 radical (unpaired) electrons. The second kappa shape index (κ2) is 11.9. The second-order valence-electron chi connectivity index (χ2n) is 8.69. The maximum absolute atomic E-state index is 13.1. The summed E-state index contributed by atoms with van der Waals surface area (Å²) >= 11 is 6.03. The highest BCUT2D eigenvalue weighted by molar-refractivity contribution is 7.92. The first-order chi connectivity index (χ1) is 17.8. The monoisotopic (exact) mass is 543 g/mol. The third kappa shape index (κ3) is 6.36. The van der Waals surface area contributed by atoms with Crippen LogP contribution in [0.25, 0.3) is 0 Å². The molecule has 1 atom stereocenters. The molecule has 1 aliphatic heterocycles. The number of carbonyl (C=O) groups excluding carboxylic acids is 1. The van der Waals surface area contributed by atoms with Gasteiger partial charge in [0.05, 0.1) is 30.8 Å². The van der Waals surface area contributed by atoms with E-state index in [2.05, 4.69) is 14.9 Å². The van der Waals surface area contributed by atoms with Gasteiger partial charge >= 0.3 is 0 Å². The highest BCUT2D eigenvalue weighted by atomic mass is 35.5. The molecular formula is C27H30ClN3O5S. The van der Waals surface area contributed by atoms with E-state index in [9.17, 15) is 13.2 Å². The summed E-state index contributed by atoms with van der Waals surface area (Å²) in [4.78, 5) is 15.4. The first-order valence-electron chi connectivity index (χ1n) is 11.9. The molecule has 1 amide bonds. The predicted octanol–water partition coefficient (Wildman–Crippen LogP) is 4.72. The Morgan fingerprint density at radius 3 is 2.43 bits per heavy atom. The Morgan fingerprint density at radius 1 is 0.973 bits per heavy atom. The lowest BCUT2D eigenvalue weighted by molar-refractivity contribution is 0.0937. The molecule has 0 aliphatic carbocycles. The Balaban J connectivity index is 1.52. The molecule has 0 unspecified atom stereocenters. The Bertz CT molecular complexity index is 1360. The van der Waals surface area contributed by atoms with Gasteiger partial charge < -0.3 is 14.8 Å². The first kappa shape index (κ1) is 26.8. The Kier molecular flexibility index (Phi) is 8.58. The van der Waals surface area contributed by atoms with Crippen molar-refractivity contribution in [1.29, 1.82) is 0 Å². The third-order valence-corrected chi connectivity index (χ3v) is 7.95. The summed E-state index contributed by atoms with van der Waals surface area (Å²) in [7, 11) is -0.935. The van der Waals surface area contributed by atoms with Crippen LogP contribution in [-0.4, -0.2) is 53.1 Å². The number of rotatable bonds is 10. The van der Waals surface area contributed by atoms with Gasteiger partial charge in [-0.2, -0.15) is 0 Å². The number of sulfonamides is 1. The summed E-state index contributed by atoms with van der Waals surface area (Å²) in [5.41, 5.74) is 1.44. The van der Waals surface area contributed by atoms with Crippen LogP contribution in [0.4, 0.5) is 5.69 Å². The number of hydrogen-bond donors (Lipinski definition) is 2. The summed E-state index contributed by atoms with van der Waals surface area (Å²) in [6, 6.07) is 18.3. The summed E-state index contributed by atoms with van der Waals surface area (Å²) in [6.45, 7) is 2.23. The summed E-state index contributed by atoms with van der Waals surface area (Å²) in [5.74, 6) is 0.729. The van der Waals surface area contributed by atoms with Crippen molar-refractivity contribution in [2.24, 2.45) is 0 Å². The van der Waals surface area contributed by atoms with Crippen LogP contribution in [0, 0.1) is 0 Å². The average Bonchev–Trinajstić information content (AvgIpc) is 3.44. The molecule has 1 saturated heterocycles. The lowest BCUT2D eigenvalue weighted by Crippen LogP contribution is -2.37. The molecule has 4 rings (SSSR count). The van der Waals surface area contributed by atoms with Crippen molar-refractivity contribution >= 4 is 33.2 Å². The van der Waals surface area contributed by atoms with Crippen molar-refractivity contribution in [2.45, 2.75) is 23.8 Å². The zero-order valence-electron chi connectivity index (χ0n) is 20.7. The largest absolute Gasteiger partial charge is 0.496 e. The Labute approximate surface area is 222 Å². The smallest absolute Gasteiger partial charge is 0.262 e. The number of anilines is 1. The van der Waals surface area contributed by atoms with Gasteiger partial charge in [0.2, 0.25) is 0 Å². The van der Waals surface area contributed by atoms with Crippen LogP contribution < -0.4 is 19.5 Å². The van der Waals surface area contributed by atoms with E-state index in [0.29, 0.717) is 17.3 Å². The van der Waals surface area contributed by atoms with Gasteiger partial charge in [0.15, 0.2) is 0 Å². The van der Waals surface area contributed by atoms with E-state index in [1.54, 1.807) is 25.3 Å². The van der Waals surface area contributed by atoms with Crippen LogP contribution >= 0.6 is 11.6 Å². The van der Waals surface area contributed by atoms with Gasteiger partial charge in [-0.05, 0) is 68.4 Å². The number of halogens is 1. The molecule has 3 aromatic carbocycles. The van der Waals surface area contributed by atoms with Crippen molar-refractivity contribution in [3.05, 3.63) is 82.9 Å². The van der Waals surface area contributed by atoms with Crippen molar-refractivity contribution in [3.8, 4) is 11.5 Å². The Morgan fingerprint density at radius 2 is 1.70 bits per heavy atom. The van der Waals surface area contributed by atoms with E-state index in [1.807, 2.05) is 24.3 Å². The van der Waals surface area contributed by atoms with Crippen molar-refractivity contribution in [2.75, 3.05) is 38.6 Å². The van der Waals surface area contributed by atoms with Crippen molar-refractivity contribution in [1.82, 2.24) is 10.2 Å². The minimum absolute atomic E-state index is 0.0528. The standard InChI is InChI=1S/C27H30ClN3O5S/c1-35-25-11-4-3-10-22(25)24(31-14-5-6-15-31)18-29-27(32)19-8-7-9-21(16-19)37(33,34)30-23-17-20(28)12-13-26(23)36-2/h3-4,7-13,16-17,24,30H,5-6,14-15,18H2,1-2H3,(H,29,32)/t24-/m1/s1. The molecule has 1 fully saturated rings. The fourth-order valence-corrected chi connectivity index (χ4v) is 5.77. The first-order valence-corrected chi connectivity index (χ1v) is 13.8. The lowest BCUT2D eigenvalue weighted by atomic mass is 10.0. The number of amides is 1. The molecule has 0 spiro atoms. The molecular weight excluding hydrogens is 514 g/mol. The average molecular weight is 544 g/mol. The molecule has 3 aromatic rings. The van der Waals surface area contributed by atoms with E-state index in [1.165, 1.54) is 31.4 Å². The summed E-state index contributed by atoms with van der Waals surface area (Å²) < 4.78 is 39.5. The number of hydrogen-bond acceptors (Lipinski definition) is 6. The van der Waals surface area contributed by atoms with Crippen LogP contribution in [-0.2, 0) is 10.0 Å². The molecule has 1 aliphatic rings. The fourth-order valence-electron chi connectivity index (χ4n) is 4.49. The summed E-state index contributed by atoms with van der Waals surface area (Å²) in [5, 5.41) is 3.35. The zero-order valence-corrected chi connectivity index (χ0v) is 22.3. The number of methoxy groups -OCH3 is 2. The van der Waals surface area contributed by atoms with Gasteiger partial charge in [-0.3, -0.25) is 14.4 Å². The van der Waals surface area contributed by atoms with E-state index in [4.69, 9.17) is 21.1 Å². The van der Waals surface area contributed by atoms with Gasteiger partial charge in [-0.1, -0.05) is 35.9 Å². The highest BCUT2D eigenvalue weighted by Gasteiger charge is 2.27. The SMILES string of the molecule is COc1ccc(Cl)cc1NS(=O)(=O)c1cccc(C(=O)NC[C@H](c2ccccc2OC)N2CCCC2)c1. The van der Waals surface area contributed by atoms with Crippen LogP contribution in [0.15, 0.2) is 71.6 Å². The van der Waals surface area contributed by atoms with Crippen LogP contribution in [0.3, 0.4) is 0 Å². The van der Waals surface area contributed by atoms with Crippen LogP contribution in [0.1, 0.15) is 34.8 Å². The van der Waals surface area contributed by atoms with Crippen molar-refractivity contribution < 1.29 is 22.7 Å². The number of nitrogens with one attached hydrogen (secondary N) is 2. The van der Waals surface area contributed by atoms with E-state index >= 15 is 0 Å². The summed E-state index contributed by atoms with van der Waals surface area (Å²) in [6.07, 6.45) is 2.20. The third-order valence-electron chi connectivity index (χ3n) is 6.35. The highest BCUT2D eigenvalue weighted by Crippen LogP contribution is 2.32. The number of ether oxygens (including phenoxy) is 2. The molecule has 10 heteroatoms. The fraction of sp³-hybridized carbons (Fsp3) is 0.296. The number of para-hydroxylation sites is 1. The second-order valence-corrected chi connectivity index (χ2v) is 10.8. The molecule has 8 nitrogen and oxygen atoms in total. The Hall–Kier alpha value is -3.27. The topological polar surface area (TPSA) is 97.0 Å². The number of nitrogens with zero attached hydrogens (tertiary/aromatic N) is 1. The minimum atomic E-state index is -4.01. The molecule has 37 heavy (non-hydrogen) atoms. The molecule has 0 bridgehead atoms. The van der Waals surface area contributed by atoms with Crippen LogP contribution in [0.2, 0.25) is 5.02 Å². The van der Waals surface area contributed by atoms with E-state index in [0.717, 1.165) is 37.2 Å². The molecule has 196 valence electrons. The van der Waals surface area contributed by atoms with Gasteiger partial charge in [0, 0.05) is 22.7 Å². The zero-order chi connectivity index (χ0) is 26.4. The van der Waals surface area contributed by atoms with Crippen LogP contribution in [0.5, 0.6) is 11.5 Å². The maximum Gasteiger partial charge on any atom is 0.262 e. The van der Waals surface area contributed by atoms with Crippen molar-refractivity contribution in [3.63, 3.8) is 0 Å². The predicted molar refractivity (Wildman–Crippen MR) is 144 cm³/mol. The number of carbonyl (C=O) groups is 1. The molecule has 0 saturated carbocycles. The van der Waals surface area contributed by atoms with Gasteiger partial charge in [0.1, 0.15) is 11.5 Å². The molecule has 2 N–H and O–H groups in total. The molecule has 0 aromatic heterocycles. The quantitative estimate of drug-likeness (QED) is 0.384. The maximum atomic E-state index is 13.1. The van der Waals surface area contributed by atoms with E-state index < -0.39 is 10.0 Å². The van der Waals surface area contributed by atoms with E-state index in [-0.39, 0.29) is 28.1 Å². The number of benzene rings is 3. The van der Waals surface area contributed by atoms with Gasteiger partial charge in [-0.15, -0.1) is 0 Å². The van der Waals surface area contributed by atoms with Gasteiger partial charge in [0.25, 0.3) is 15.9 Å². The minimum Gasteiger partial charge on any atom is -0.496 e. The van der Waals surface area contributed by atoms with Gasteiger partial charge in [-0.25, -0.2) is 8.42 Å². The number of likely N-dealkylation sites (tertiary alicyclic amines) is 1. The normalized spacial score (nSPS) is 14.7.